The van der Waals surface area contributed by atoms with E-state index in [0.717, 1.165) is 5.56 Å². The SMILES string of the molecule is COc1ccc([C@@H](N2CCNCC2)C(F)(F)F)cc1C. The first-order chi connectivity index (χ1) is 9.43. The highest BCUT2D eigenvalue weighted by atomic mass is 19.4. The second-order valence-electron chi connectivity index (χ2n) is 4.96. The van der Waals surface area contributed by atoms with E-state index in [1.807, 2.05) is 0 Å². The van der Waals surface area contributed by atoms with Crippen LogP contribution in [-0.2, 0) is 0 Å². The van der Waals surface area contributed by atoms with Gasteiger partial charge in [-0.25, -0.2) is 0 Å². The Morgan fingerprint density at radius 2 is 1.90 bits per heavy atom. The summed E-state index contributed by atoms with van der Waals surface area (Å²) in [5.41, 5.74) is 0.993. The van der Waals surface area contributed by atoms with Gasteiger partial charge in [0.15, 0.2) is 0 Å². The van der Waals surface area contributed by atoms with E-state index in [1.54, 1.807) is 19.1 Å². The number of nitrogens with one attached hydrogen (secondary N) is 1. The molecule has 1 aromatic rings. The van der Waals surface area contributed by atoms with Crippen LogP contribution in [0.5, 0.6) is 5.75 Å². The average molecular weight is 288 g/mol. The molecule has 0 spiro atoms. The van der Waals surface area contributed by atoms with Crippen LogP contribution in [0.15, 0.2) is 18.2 Å². The minimum atomic E-state index is -4.28. The van der Waals surface area contributed by atoms with Crippen molar-refractivity contribution in [3.63, 3.8) is 0 Å². The normalized spacial score (nSPS) is 18.9. The number of rotatable bonds is 3. The summed E-state index contributed by atoms with van der Waals surface area (Å²) in [4.78, 5) is 1.48. The van der Waals surface area contributed by atoms with Crippen molar-refractivity contribution in [2.24, 2.45) is 0 Å². The average Bonchev–Trinajstić information content (AvgIpc) is 2.39. The van der Waals surface area contributed by atoms with Gasteiger partial charge in [0.1, 0.15) is 11.8 Å². The summed E-state index contributed by atoms with van der Waals surface area (Å²) >= 11 is 0. The van der Waals surface area contributed by atoms with Gasteiger partial charge < -0.3 is 10.1 Å². The number of halogens is 3. The molecule has 0 bridgehead atoms. The lowest BCUT2D eigenvalue weighted by atomic mass is 10.0. The van der Waals surface area contributed by atoms with Crippen LogP contribution in [-0.4, -0.2) is 44.4 Å². The third-order valence-electron chi connectivity index (χ3n) is 3.56. The van der Waals surface area contributed by atoms with Crippen molar-refractivity contribution >= 4 is 0 Å². The van der Waals surface area contributed by atoms with Gasteiger partial charge in [0.05, 0.1) is 7.11 Å². The molecular formula is C14H19F3N2O. The van der Waals surface area contributed by atoms with E-state index in [2.05, 4.69) is 5.32 Å². The number of aryl methyl sites for hydroxylation is 1. The van der Waals surface area contributed by atoms with Gasteiger partial charge in [-0.05, 0) is 24.1 Å². The third kappa shape index (κ3) is 3.24. The fourth-order valence-electron chi connectivity index (χ4n) is 2.62. The summed E-state index contributed by atoms with van der Waals surface area (Å²) in [6.45, 7) is 3.72. The maximum Gasteiger partial charge on any atom is 0.408 e. The minimum Gasteiger partial charge on any atom is -0.496 e. The zero-order valence-electron chi connectivity index (χ0n) is 11.6. The van der Waals surface area contributed by atoms with Gasteiger partial charge in [0.2, 0.25) is 0 Å². The van der Waals surface area contributed by atoms with Crippen molar-refractivity contribution in [2.75, 3.05) is 33.3 Å². The first-order valence-corrected chi connectivity index (χ1v) is 6.59. The fraction of sp³-hybridized carbons (Fsp3) is 0.571. The van der Waals surface area contributed by atoms with Crippen molar-refractivity contribution in [1.82, 2.24) is 10.2 Å². The van der Waals surface area contributed by atoms with Crippen LogP contribution in [0, 0.1) is 6.92 Å². The van der Waals surface area contributed by atoms with Crippen LogP contribution in [0.1, 0.15) is 17.2 Å². The number of benzene rings is 1. The topological polar surface area (TPSA) is 24.5 Å². The molecule has 20 heavy (non-hydrogen) atoms. The fourth-order valence-corrected chi connectivity index (χ4v) is 2.62. The van der Waals surface area contributed by atoms with Crippen molar-refractivity contribution in [3.05, 3.63) is 29.3 Å². The lowest BCUT2D eigenvalue weighted by Gasteiger charge is -2.36. The lowest BCUT2D eigenvalue weighted by Crippen LogP contribution is -2.49. The Hall–Kier alpha value is -1.27. The van der Waals surface area contributed by atoms with E-state index in [-0.39, 0.29) is 5.56 Å². The number of nitrogens with zero attached hydrogens (tertiary/aromatic N) is 1. The zero-order valence-corrected chi connectivity index (χ0v) is 11.6. The molecular weight excluding hydrogens is 269 g/mol. The lowest BCUT2D eigenvalue weighted by molar-refractivity contribution is -0.187. The van der Waals surface area contributed by atoms with E-state index in [1.165, 1.54) is 18.1 Å². The van der Waals surface area contributed by atoms with Crippen LogP contribution in [0.2, 0.25) is 0 Å². The standard InChI is InChI=1S/C14H19F3N2O/c1-10-9-11(3-4-12(10)20-2)13(14(15,16)17)19-7-5-18-6-8-19/h3-4,9,13,18H,5-8H2,1-2H3/t13-/m1/s1. The molecule has 0 unspecified atom stereocenters. The molecule has 0 amide bonds. The molecule has 112 valence electrons. The molecule has 2 rings (SSSR count). The Morgan fingerprint density at radius 3 is 2.40 bits per heavy atom. The van der Waals surface area contributed by atoms with Gasteiger partial charge in [-0.2, -0.15) is 13.2 Å². The van der Waals surface area contributed by atoms with Crippen LogP contribution in [0.3, 0.4) is 0 Å². The molecule has 1 aliphatic rings. The second kappa shape index (κ2) is 6.01. The van der Waals surface area contributed by atoms with Gasteiger partial charge in [-0.3, -0.25) is 4.90 Å². The molecule has 0 radical (unpaired) electrons. The Labute approximate surface area is 116 Å². The Balaban J connectivity index is 2.33. The molecule has 3 nitrogen and oxygen atoms in total. The number of methoxy groups -OCH3 is 1. The van der Waals surface area contributed by atoms with Gasteiger partial charge >= 0.3 is 6.18 Å². The molecule has 6 heteroatoms. The predicted molar refractivity (Wildman–Crippen MR) is 71.0 cm³/mol. The first-order valence-electron chi connectivity index (χ1n) is 6.59. The number of hydrogen-bond acceptors (Lipinski definition) is 3. The summed E-state index contributed by atoms with van der Waals surface area (Å²) < 4.78 is 45.3. The van der Waals surface area contributed by atoms with Gasteiger partial charge in [0, 0.05) is 26.2 Å². The highest BCUT2D eigenvalue weighted by Crippen LogP contribution is 2.39. The zero-order chi connectivity index (χ0) is 14.8. The quantitative estimate of drug-likeness (QED) is 0.925. The molecule has 1 aliphatic heterocycles. The van der Waals surface area contributed by atoms with Gasteiger partial charge in [-0.1, -0.05) is 12.1 Å². The molecule has 1 N–H and O–H groups in total. The Bertz CT molecular complexity index is 456. The second-order valence-corrected chi connectivity index (χ2v) is 4.96. The highest BCUT2D eigenvalue weighted by Gasteiger charge is 2.44. The number of alkyl halides is 3. The monoisotopic (exact) mass is 288 g/mol. The molecule has 0 aliphatic carbocycles. The number of piperazine rings is 1. The van der Waals surface area contributed by atoms with E-state index >= 15 is 0 Å². The van der Waals surface area contributed by atoms with E-state index < -0.39 is 12.2 Å². The Kier molecular flexibility index (Phi) is 4.55. The summed E-state index contributed by atoms with van der Waals surface area (Å²) in [6, 6.07) is 3.13. The molecule has 1 saturated heterocycles. The number of ether oxygens (including phenoxy) is 1. The van der Waals surface area contributed by atoms with Crippen LogP contribution < -0.4 is 10.1 Å². The summed E-state index contributed by atoms with van der Waals surface area (Å²) in [6.07, 6.45) is -4.28. The molecule has 0 saturated carbocycles. The molecule has 1 heterocycles. The van der Waals surface area contributed by atoms with Gasteiger partial charge in [0.25, 0.3) is 0 Å². The van der Waals surface area contributed by atoms with E-state index in [0.29, 0.717) is 31.9 Å². The summed E-state index contributed by atoms with van der Waals surface area (Å²) in [7, 11) is 1.51. The summed E-state index contributed by atoms with van der Waals surface area (Å²) in [5, 5.41) is 3.07. The Morgan fingerprint density at radius 1 is 1.25 bits per heavy atom. The molecule has 0 aromatic heterocycles. The van der Waals surface area contributed by atoms with Crippen molar-refractivity contribution < 1.29 is 17.9 Å². The van der Waals surface area contributed by atoms with Crippen LogP contribution >= 0.6 is 0 Å². The molecule has 1 fully saturated rings. The van der Waals surface area contributed by atoms with Crippen LogP contribution in [0.25, 0.3) is 0 Å². The minimum absolute atomic E-state index is 0.276. The number of hydrogen-bond donors (Lipinski definition) is 1. The molecule has 1 atom stereocenters. The first kappa shape index (κ1) is 15.1. The van der Waals surface area contributed by atoms with Crippen molar-refractivity contribution in [2.45, 2.75) is 19.1 Å². The highest BCUT2D eigenvalue weighted by molar-refractivity contribution is 5.38. The maximum atomic E-state index is 13.4. The van der Waals surface area contributed by atoms with Crippen molar-refractivity contribution in [3.8, 4) is 5.75 Å². The van der Waals surface area contributed by atoms with E-state index in [9.17, 15) is 13.2 Å². The third-order valence-corrected chi connectivity index (χ3v) is 3.56. The smallest absolute Gasteiger partial charge is 0.408 e. The van der Waals surface area contributed by atoms with E-state index in [4.69, 9.17) is 4.74 Å². The van der Waals surface area contributed by atoms with Gasteiger partial charge in [-0.15, -0.1) is 0 Å². The largest absolute Gasteiger partial charge is 0.496 e. The van der Waals surface area contributed by atoms with Crippen molar-refractivity contribution in [1.29, 1.82) is 0 Å². The summed E-state index contributed by atoms with van der Waals surface area (Å²) in [5.74, 6) is 0.606. The maximum absolute atomic E-state index is 13.4. The van der Waals surface area contributed by atoms with Crippen LogP contribution in [0.4, 0.5) is 13.2 Å². The predicted octanol–water partition coefficient (Wildman–Crippen LogP) is 2.51. The molecule has 1 aromatic carbocycles.